The molecule has 1 aromatic rings. The van der Waals surface area contributed by atoms with Crippen molar-refractivity contribution in [3.05, 3.63) is 35.6 Å². The van der Waals surface area contributed by atoms with Crippen molar-refractivity contribution < 1.29 is 131 Å². The molecule has 0 amide bonds. The van der Waals surface area contributed by atoms with Crippen molar-refractivity contribution in [1.29, 1.82) is 0 Å². The SMILES string of the molecule is O=S(=O)([O-])c1ccc(OC(=C(C(F)(F)F)C(C(F)(F)F)(C(F)(F)C(F)(F)F)C(F)(F)C(F)(F)F)C(F)(F)F)cc1.[Na+]. The number of ether oxygens (including phenoxy) is 1. The number of allylic oxidation sites excluding steroid dienone is 2. The molecule has 0 unspecified atom stereocenters. The number of rotatable bonds is 6. The van der Waals surface area contributed by atoms with E-state index in [0.717, 1.165) is 0 Å². The van der Waals surface area contributed by atoms with Gasteiger partial charge in [0.25, 0.3) is 0 Å². The van der Waals surface area contributed by atoms with Crippen LogP contribution in [0.3, 0.4) is 0 Å². The maximum Gasteiger partial charge on any atom is 1.00 e. The van der Waals surface area contributed by atoms with Crippen LogP contribution in [0.15, 0.2) is 40.5 Å². The van der Waals surface area contributed by atoms with E-state index in [1.54, 1.807) is 0 Å². The smallest absolute Gasteiger partial charge is 0.744 e. The molecule has 1 aromatic carbocycles. The molecule has 4 nitrogen and oxygen atoms in total. The van der Waals surface area contributed by atoms with E-state index in [4.69, 9.17) is 0 Å². The van der Waals surface area contributed by atoms with Gasteiger partial charge in [0, 0.05) is 0 Å². The van der Waals surface area contributed by atoms with Crippen LogP contribution in [0.1, 0.15) is 0 Å². The van der Waals surface area contributed by atoms with Crippen LogP contribution in [-0.4, -0.2) is 55.7 Å². The Morgan fingerprint density at radius 2 is 0.927 bits per heavy atom. The van der Waals surface area contributed by atoms with Crippen molar-refractivity contribution in [3.8, 4) is 5.75 Å². The molecule has 0 aliphatic heterocycles. The van der Waals surface area contributed by atoms with E-state index < -0.39 is 80.2 Å². The van der Waals surface area contributed by atoms with Crippen LogP contribution in [0.4, 0.5) is 83.4 Å². The Kier molecular flexibility index (Phi) is 10.7. The van der Waals surface area contributed by atoms with E-state index >= 15 is 0 Å². The Hall–Kier alpha value is -1.66. The molecule has 0 atom stereocenters. The molecular weight excluding hydrogens is 672 g/mol. The third kappa shape index (κ3) is 6.95. The van der Waals surface area contributed by atoms with Gasteiger partial charge in [-0.2, -0.15) is 83.4 Å². The molecule has 0 heterocycles. The molecule has 0 fully saturated rings. The quantitative estimate of drug-likeness (QED) is 0.195. The zero-order valence-corrected chi connectivity index (χ0v) is 21.3. The van der Waals surface area contributed by atoms with Crippen molar-refractivity contribution in [3.63, 3.8) is 0 Å². The standard InChI is InChI=1S/C16H5F19O4S.Na/c17-10(18,19)7(8(11(20,21)22)39-5-1-3-6(4-2-5)40(36,37)38)9(14(27,28)29,12(23,24)15(30,31)32)13(25,26)16(33,34)35;/h1-4H,(H,36,37,38);/q;+1/p-1. The first-order chi connectivity index (χ1) is 17.2. The fraction of sp³-hybridized carbons (Fsp3) is 0.500. The van der Waals surface area contributed by atoms with Gasteiger partial charge in [-0.05, 0) is 24.3 Å². The fourth-order valence-corrected chi connectivity index (χ4v) is 3.46. The number of halogens is 19. The summed E-state index contributed by atoms with van der Waals surface area (Å²) in [6.45, 7) is 0. The molecule has 232 valence electrons. The zero-order chi connectivity index (χ0) is 32.3. The van der Waals surface area contributed by atoms with Gasteiger partial charge >= 0.3 is 72.3 Å². The first kappa shape index (κ1) is 39.3. The first-order valence-electron chi connectivity index (χ1n) is 8.77. The van der Waals surface area contributed by atoms with E-state index in [0.29, 0.717) is 0 Å². The van der Waals surface area contributed by atoms with Crippen LogP contribution < -0.4 is 34.3 Å². The summed E-state index contributed by atoms with van der Waals surface area (Å²) in [5, 5.41) is 0. The molecule has 0 saturated heterocycles. The van der Waals surface area contributed by atoms with Crippen LogP contribution in [-0.2, 0) is 10.1 Å². The van der Waals surface area contributed by atoms with Crippen molar-refractivity contribution in [2.45, 2.75) is 47.6 Å². The number of hydrogen-bond acceptors (Lipinski definition) is 4. The summed E-state index contributed by atoms with van der Waals surface area (Å²) in [6.07, 6.45) is -41.5. The van der Waals surface area contributed by atoms with Crippen molar-refractivity contribution in [1.82, 2.24) is 0 Å². The predicted molar refractivity (Wildman–Crippen MR) is 84.7 cm³/mol. The van der Waals surface area contributed by atoms with Crippen LogP contribution in [0.5, 0.6) is 5.75 Å². The predicted octanol–water partition coefficient (Wildman–Crippen LogP) is 4.30. The van der Waals surface area contributed by atoms with Gasteiger partial charge in [-0.3, -0.25) is 0 Å². The summed E-state index contributed by atoms with van der Waals surface area (Å²) in [5.74, 6) is -25.1. The number of alkyl halides is 19. The topological polar surface area (TPSA) is 66.4 Å². The maximum absolute atomic E-state index is 14.1. The fourth-order valence-electron chi connectivity index (χ4n) is 2.99. The third-order valence-electron chi connectivity index (χ3n) is 4.55. The normalized spacial score (nSPS) is 15.7. The molecule has 0 bridgehead atoms. The Labute approximate surface area is 235 Å². The first-order valence-corrected chi connectivity index (χ1v) is 10.2. The van der Waals surface area contributed by atoms with Crippen LogP contribution in [0.2, 0.25) is 0 Å². The van der Waals surface area contributed by atoms with Crippen LogP contribution in [0.25, 0.3) is 0 Å². The summed E-state index contributed by atoms with van der Waals surface area (Å²) >= 11 is 0. The minimum absolute atomic E-state index is 0. The molecule has 0 spiro atoms. The largest absolute Gasteiger partial charge is 1.00 e. The molecule has 0 N–H and O–H groups in total. The second-order valence-corrected chi connectivity index (χ2v) is 8.50. The Bertz CT molecular complexity index is 1190. The van der Waals surface area contributed by atoms with E-state index in [1.165, 1.54) is 0 Å². The molecule has 41 heavy (non-hydrogen) atoms. The molecule has 0 saturated carbocycles. The van der Waals surface area contributed by atoms with Crippen molar-refractivity contribution in [2.24, 2.45) is 5.41 Å². The van der Waals surface area contributed by atoms with E-state index in [9.17, 15) is 96.4 Å². The Balaban J connectivity index is 0.0000160. The minimum atomic E-state index is -9.16. The molecular formula is C16H4F19NaO4S. The molecule has 0 aliphatic rings. The Morgan fingerprint density at radius 3 is 1.15 bits per heavy atom. The van der Waals surface area contributed by atoms with Gasteiger partial charge in [0.05, 0.1) is 4.90 Å². The number of hydrogen-bond donors (Lipinski definition) is 0. The maximum atomic E-state index is 14.1. The van der Waals surface area contributed by atoms with Gasteiger partial charge in [0.15, 0.2) is 0 Å². The average Bonchev–Trinajstić information content (AvgIpc) is 2.65. The van der Waals surface area contributed by atoms with Gasteiger partial charge in [0.2, 0.25) is 11.2 Å². The summed E-state index contributed by atoms with van der Waals surface area (Å²) in [4.78, 5) is -1.48. The van der Waals surface area contributed by atoms with E-state index in [-0.39, 0.29) is 53.8 Å². The zero-order valence-electron chi connectivity index (χ0n) is 18.5. The van der Waals surface area contributed by atoms with Gasteiger partial charge < -0.3 is 9.29 Å². The molecule has 0 aliphatic carbocycles. The van der Waals surface area contributed by atoms with Gasteiger partial charge in [-0.1, -0.05) is 0 Å². The molecule has 0 aromatic heterocycles. The molecule has 25 heteroatoms. The van der Waals surface area contributed by atoms with Gasteiger partial charge in [0.1, 0.15) is 21.4 Å². The summed E-state index contributed by atoms with van der Waals surface area (Å²) < 4.78 is 292. The molecule has 1 rings (SSSR count). The minimum Gasteiger partial charge on any atom is -0.744 e. The van der Waals surface area contributed by atoms with Crippen molar-refractivity contribution >= 4 is 10.1 Å². The Morgan fingerprint density at radius 1 is 0.585 bits per heavy atom. The van der Waals surface area contributed by atoms with Crippen LogP contribution in [0, 0.1) is 5.41 Å². The average molecular weight is 676 g/mol. The van der Waals surface area contributed by atoms with Gasteiger partial charge in [-0.15, -0.1) is 0 Å². The monoisotopic (exact) mass is 676 g/mol. The van der Waals surface area contributed by atoms with E-state index in [2.05, 4.69) is 4.74 Å². The van der Waals surface area contributed by atoms with E-state index in [1.807, 2.05) is 0 Å². The van der Waals surface area contributed by atoms with Gasteiger partial charge in [-0.25, -0.2) is 8.42 Å². The summed E-state index contributed by atoms with van der Waals surface area (Å²) in [6, 6.07) is -1.12. The van der Waals surface area contributed by atoms with Crippen molar-refractivity contribution in [2.75, 3.05) is 0 Å². The summed E-state index contributed by atoms with van der Waals surface area (Å²) in [7, 11) is -5.55. The number of benzene rings is 1. The van der Waals surface area contributed by atoms with Crippen LogP contribution >= 0.6 is 0 Å². The second kappa shape index (κ2) is 11.1. The second-order valence-electron chi connectivity index (χ2n) is 7.12. The third-order valence-corrected chi connectivity index (χ3v) is 5.40. The molecule has 0 radical (unpaired) electrons. The summed E-state index contributed by atoms with van der Waals surface area (Å²) in [5.41, 5.74) is -15.1.